The van der Waals surface area contributed by atoms with Gasteiger partial charge in [0.15, 0.2) is 0 Å². The van der Waals surface area contributed by atoms with Crippen LogP contribution in [0, 0.1) is 0 Å². The molecule has 0 bridgehead atoms. The van der Waals surface area contributed by atoms with Crippen molar-refractivity contribution < 1.29 is 22.6 Å². The first kappa shape index (κ1) is 31.5. The zero-order chi connectivity index (χ0) is 31.4. The van der Waals surface area contributed by atoms with Crippen molar-refractivity contribution in [3.05, 3.63) is 81.5 Å². The maximum atomic E-state index is 14.2. The monoisotopic (exact) mass is 626 g/mol. The van der Waals surface area contributed by atoms with Gasteiger partial charge in [-0.3, -0.25) is 4.98 Å². The topological polar surface area (TPSA) is 93.2 Å². The number of anilines is 1. The Hall–Kier alpha value is -3.93. The number of benzene rings is 1. The van der Waals surface area contributed by atoms with Crippen molar-refractivity contribution in [2.45, 2.75) is 44.6 Å². The van der Waals surface area contributed by atoms with Gasteiger partial charge in [-0.25, -0.2) is 4.98 Å². The van der Waals surface area contributed by atoms with E-state index in [0.29, 0.717) is 46.4 Å². The molecule has 0 aliphatic heterocycles. The Balaban J connectivity index is 1.54. The second kappa shape index (κ2) is 13.4. The Kier molecular flexibility index (Phi) is 9.57. The van der Waals surface area contributed by atoms with Gasteiger partial charge in [0.1, 0.15) is 5.82 Å². The lowest BCUT2D eigenvalue weighted by molar-refractivity contribution is -0.137. The third-order valence-electron chi connectivity index (χ3n) is 7.67. The molecule has 232 valence electrons. The first-order valence-electron chi connectivity index (χ1n) is 14.2. The molecule has 3 aromatic heterocycles. The Labute approximate surface area is 259 Å². The van der Waals surface area contributed by atoms with Crippen molar-refractivity contribution in [3.8, 4) is 34.3 Å². The number of ether oxygens (including phenoxy) is 2. The van der Waals surface area contributed by atoms with Gasteiger partial charge >= 0.3 is 6.18 Å². The lowest BCUT2D eigenvalue weighted by Crippen LogP contribution is -2.22. The molecular weight excluding hydrogens is 593 g/mol. The molecule has 0 amide bonds. The summed E-state index contributed by atoms with van der Waals surface area (Å²) in [5, 5.41) is 9.50. The number of aromatic nitrogens is 3. The highest BCUT2D eigenvalue weighted by molar-refractivity contribution is 6.35. The van der Waals surface area contributed by atoms with E-state index < -0.39 is 17.8 Å². The van der Waals surface area contributed by atoms with Crippen molar-refractivity contribution in [2.75, 3.05) is 33.6 Å². The molecule has 3 heterocycles. The van der Waals surface area contributed by atoms with Crippen molar-refractivity contribution in [1.29, 1.82) is 0 Å². The third kappa shape index (κ3) is 6.31. The van der Waals surface area contributed by atoms with E-state index in [4.69, 9.17) is 21.1 Å². The minimum absolute atomic E-state index is 0.136. The molecule has 0 fully saturated rings. The van der Waals surface area contributed by atoms with Crippen LogP contribution >= 0.6 is 11.6 Å². The molecule has 44 heavy (non-hydrogen) atoms. The van der Waals surface area contributed by atoms with E-state index in [0.717, 1.165) is 41.2 Å². The number of halogens is 4. The summed E-state index contributed by atoms with van der Waals surface area (Å²) in [5.41, 5.74) is 4.99. The lowest BCUT2D eigenvalue weighted by Gasteiger charge is -2.30. The SMILES string of the molecule is CNCc1ccc(-c2ccnc(-c3cccc4c3CCCC4Nc3nc(OC)c(CNC)cc3C(F)(F)F)c2Cl)nc1OC. The smallest absolute Gasteiger partial charge is 0.419 e. The van der Waals surface area contributed by atoms with E-state index >= 15 is 0 Å². The lowest BCUT2D eigenvalue weighted by atomic mass is 9.83. The summed E-state index contributed by atoms with van der Waals surface area (Å²) in [7, 11) is 6.48. The van der Waals surface area contributed by atoms with E-state index in [-0.39, 0.29) is 18.2 Å². The Morgan fingerprint density at radius 3 is 2.36 bits per heavy atom. The average molecular weight is 627 g/mol. The summed E-state index contributed by atoms with van der Waals surface area (Å²) in [6.07, 6.45) is -0.826. The van der Waals surface area contributed by atoms with Gasteiger partial charge in [0.05, 0.1) is 42.2 Å². The van der Waals surface area contributed by atoms with Crippen LogP contribution in [0.4, 0.5) is 19.0 Å². The number of hydrogen-bond acceptors (Lipinski definition) is 8. The number of nitrogens with one attached hydrogen (secondary N) is 3. The molecule has 1 unspecified atom stereocenters. The molecule has 1 aliphatic rings. The van der Waals surface area contributed by atoms with Gasteiger partial charge in [0, 0.05) is 41.5 Å². The second-order valence-corrected chi connectivity index (χ2v) is 10.8. The van der Waals surface area contributed by atoms with Crippen molar-refractivity contribution in [1.82, 2.24) is 25.6 Å². The highest BCUT2D eigenvalue weighted by Crippen LogP contribution is 2.43. The van der Waals surface area contributed by atoms with Crippen LogP contribution in [0.5, 0.6) is 11.8 Å². The number of nitrogens with zero attached hydrogens (tertiary/aromatic N) is 3. The molecule has 0 saturated heterocycles. The molecule has 12 heteroatoms. The van der Waals surface area contributed by atoms with Gasteiger partial charge in [-0.15, -0.1) is 0 Å². The minimum atomic E-state index is -4.61. The van der Waals surface area contributed by atoms with E-state index in [2.05, 4.69) is 30.9 Å². The van der Waals surface area contributed by atoms with E-state index in [9.17, 15) is 13.2 Å². The van der Waals surface area contributed by atoms with Gasteiger partial charge < -0.3 is 25.4 Å². The molecule has 0 radical (unpaired) electrons. The standard InChI is InChI=1S/C32H34ClF3N6O2/c1-37-16-18-11-12-26(41-30(18)43-3)23-13-14-39-28(27(23)33)22-9-5-8-21-20(22)7-6-10-25(21)40-29-24(32(34,35)36)15-19(17-38-2)31(42-29)44-4/h5,8-9,11-15,25,37-38H,6-7,10,16-17H2,1-4H3,(H,40,42). The molecule has 5 rings (SSSR count). The van der Waals surface area contributed by atoms with Crippen LogP contribution < -0.4 is 25.4 Å². The highest BCUT2D eigenvalue weighted by Gasteiger charge is 2.37. The van der Waals surface area contributed by atoms with Crippen LogP contribution in [-0.4, -0.2) is 43.3 Å². The molecule has 1 aromatic carbocycles. The maximum Gasteiger partial charge on any atom is 0.419 e. The summed E-state index contributed by atoms with van der Waals surface area (Å²) < 4.78 is 53.4. The van der Waals surface area contributed by atoms with Gasteiger partial charge in [-0.2, -0.15) is 18.2 Å². The summed E-state index contributed by atoms with van der Waals surface area (Å²) in [6, 6.07) is 12.1. The quantitative estimate of drug-likeness (QED) is 0.177. The summed E-state index contributed by atoms with van der Waals surface area (Å²) in [4.78, 5) is 13.6. The van der Waals surface area contributed by atoms with Crippen LogP contribution in [0.25, 0.3) is 22.5 Å². The molecular formula is C32H34ClF3N6O2. The zero-order valence-electron chi connectivity index (χ0n) is 24.9. The number of methoxy groups -OCH3 is 2. The normalized spacial score (nSPS) is 14.7. The van der Waals surface area contributed by atoms with E-state index in [1.165, 1.54) is 7.11 Å². The van der Waals surface area contributed by atoms with Gasteiger partial charge in [-0.05, 0) is 62.7 Å². The van der Waals surface area contributed by atoms with Crippen LogP contribution in [-0.2, 0) is 25.7 Å². The average Bonchev–Trinajstić information content (AvgIpc) is 3.01. The molecule has 1 aliphatic carbocycles. The number of alkyl halides is 3. The first-order chi connectivity index (χ1) is 21.2. The van der Waals surface area contributed by atoms with E-state index in [1.807, 2.05) is 37.4 Å². The fourth-order valence-electron chi connectivity index (χ4n) is 5.69. The van der Waals surface area contributed by atoms with Gasteiger partial charge in [0.25, 0.3) is 0 Å². The van der Waals surface area contributed by atoms with Crippen molar-refractivity contribution in [2.24, 2.45) is 0 Å². The van der Waals surface area contributed by atoms with Crippen LogP contribution in [0.1, 0.15) is 46.7 Å². The molecule has 4 aromatic rings. The molecule has 8 nitrogen and oxygen atoms in total. The fourth-order valence-corrected chi connectivity index (χ4v) is 6.00. The summed E-state index contributed by atoms with van der Waals surface area (Å²) in [5.74, 6) is 0.369. The minimum Gasteiger partial charge on any atom is -0.481 e. The summed E-state index contributed by atoms with van der Waals surface area (Å²) in [6.45, 7) is 0.786. The van der Waals surface area contributed by atoms with Crippen LogP contribution in [0.15, 0.2) is 48.7 Å². The van der Waals surface area contributed by atoms with Crippen molar-refractivity contribution >= 4 is 17.4 Å². The Morgan fingerprint density at radius 2 is 1.66 bits per heavy atom. The summed E-state index contributed by atoms with van der Waals surface area (Å²) >= 11 is 7.00. The van der Waals surface area contributed by atoms with E-state index in [1.54, 1.807) is 26.4 Å². The molecule has 0 saturated carbocycles. The third-order valence-corrected chi connectivity index (χ3v) is 8.05. The molecule has 3 N–H and O–H groups in total. The van der Waals surface area contributed by atoms with Gasteiger partial charge in [-0.1, -0.05) is 35.9 Å². The predicted molar refractivity (Wildman–Crippen MR) is 165 cm³/mol. The maximum absolute atomic E-state index is 14.2. The number of pyridine rings is 3. The van der Waals surface area contributed by atoms with Gasteiger partial charge in [0.2, 0.25) is 11.8 Å². The number of hydrogen-bond donors (Lipinski definition) is 3. The van der Waals surface area contributed by atoms with Crippen LogP contribution in [0.3, 0.4) is 0 Å². The largest absolute Gasteiger partial charge is 0.481 e. The number of fused-ring (bicyclic) bond motifs is 1. The highest BCUT2D eigenvalue weighted by atomic mass is 35.5. The second-order valence-electron chi connectivity index (χ2n) is 10.5. The predicted octanol–water partition coefficient (Wildman–Crippen LogP) is 6.82. The molecule has 0 spiro atoms. The first-order valence-corrected chi connectivity index (χ1v) is 14.6. The number of rotatable bonds is 10. The van der Waals surface area contributed by atoms with Crippen molar-refractivity contribution in [3.63, 3.8) is 0 Å². The zero-order valence-corrected chi connectivity index (χ0v) is 25.7. The van der Waals surface area contributed by atoms with Crippen LogP contribution in [0.2, 0.25) is 5.02 Å². The molecule has 1 atom stereocenters. The Morgan fingerprint density at radius 1 is 0.932 bits per heavy atom. The Bertz CT molecular complexity index is 1650. The fraction of sp³-hybridized carbons (Fsp3) is 0.344.